The van der Waals surface area contributed by atoms with E-state index in [1.54, 1.807) is 0 Å². The molecule has 2 rings (SSSR count). The monoisotopic (exact) mass is 240 g/mol. The molecule has 1 aromatic rings. The van der Waals surface area contributed by atoms with Gasteiger partial charge in [-0.2, -0.15) is 4.39 Å². The number of nitrogens with zero attached hydrogens (tertiary/aromatic N) is 1. The van der Waals surface area contributed by atoms with E-state index < -0.39 is 16.4 Å². The summed E-state index contributed by atoms with van der Waals surface area (Å²) in [6.45, 7) is 4.05. The zero-order chi connectivity index (χ0) is 12.5. The molecular formula is C11H13FN2O3. The van der Waals surface area contributed by atoms with Gasteiger partial charge in [0.2, 0.25) is 5.82 Å². The van der Waals surface area contributed by atoms with Crippen molar-refractivity contribution in [3.8, 4) is 0 Å². The van der Waals surface area contributed by atoms with Crippen LogP contribution < -0.4 is 5.32 Å². The summed E-state index contributed by atoms with van der Waals surface area (Å²) in [6, 6.07) is 3.80. The third-order valence-corrected chi connectivity index (χ3v) is 2.76. The first-order valence-electron chi connectivity index (χ1n) is 5.26. The van der Waals surface area contributed by atoms with Gasteiger partial charge in [0.05, 0.1) is 18.1 Å². The third-order valence-electron chi connectivity index (χ3n) is 2.76. The smallest absolute Gasteiger partial charge is 0.306 e. The second-order valence-electron chi connectivity index (χ2n) is 4.58. The number of benzene rings is 1. The number of nitro groups is 1. The number of anilines is 1. The first kappa shape index (κ1) is 11.8. The lowest BCUT2D eigenvalue weighted by molar-refractivity contribution is -0.387. The summed E-state index contributed by atoms with van der Waals surface area (Å²) < 4.78 is 18.2. The number of rotatable bonds is 4. The summed E-state index contributed by atoms with van der Waals surface area (Å²) in [6.07, 6.45) is 0. The fraction of sp³-hybridized carbons (Fsp3) is 0.455. The minimum absolute atomic E-state index is 0.0587. The van der Waals surface area contributed by atoms with Crippen LogP contribution >= 0.6 is 0 Å². The van der Waals surface area contributed by atoms with E-state index in [9.17, 15) is 14.5 Å². The Morgan fingerprint density at radius 3 is 2.82 bits per heavy atom. The Morgan fingerprint density at radius 2 is 2.29 bits per heavy atom. The van der Waals surface area contributed by atoms with Crippen LogP contribution in [0.3, 0.4) is 0 Å². The molecule has 1 heterocycles. The van der Waals surface area contributed by atoms with Crippen LogP contribution in [0.15, 0.2) is 18.2 Å². The Kier molecular flexibility index (Phi) is 2.97. The highest BCUT2D eigenvalue weighted by Gasteiger charge is 2.33. The average molecular weight is 240 g/mol. The van der Waals surface area contributed by atoms with Gasteiger partial charge in [-0.15, -0.1) is 0 Å². The lowest BCUT2D eigenvalue weighted by Crippen LogP contribution is -2.45. The zero-order valence-electron chi connectivity index (χ0n) is 9.40. The molecular weight excluding hydrogens is 227 g/mol. The Balaban J connectivity index is 2.06. The third kappa shape index (κ3) is 2.52. The van der Waals surface area contributed by atoms with Gasteiger partial charge in [-0.05, 0) is 12.1 Å². The van der Waals surface area contributed by atoms with Gasteiger partial charge >= 0.3 is 5.69 Å². The molecule has 0 unspecified atom stereocenters. The van der Waals surface area contributed by atoms with E-state index in [1.807, 2.05) is 0 Å². The maximum Gasteiger partial charge on any atom is 0.306 e. The Labute approximate surface area is 97.7 Å². The van der Waals surface area contributed by atoms with Crippen LogP contribution in [0, 0.1) is 21.3 Å². The van der Waals surface area contributed by atoms with Gasteiger partial charge in [-0.25, -0.2) is 0 Å². The summed E-state index contributed by atoms with van der Waals surface area (Å²) in [5.41, 5.74) is 0.0969. The quantitative estimate of drug-likeness (QED) is 0.647. The zero-order valence-corrected chi connectivity index (χ0v) is 9.40. The first-order valence-corrected chi connectivity index (χ1v) is 5.26. The molecule has 0 aromatic heterocycles. The highest BCUT2D eigenvalue weighted by molar-refractivity contribution is 5.51. The number of nitro benzene ring substituents is 1. The van der Waals surface area contributed by atoms with Crippen molar-refractivity contribution < 1.29 is 14.1 Å². The van der Waals surface area contributed by atoms with Crippen LogP contribution in [0.1, 0.15) is 6.92 Å². The minimum atomic E-state index is -0.821. The molecule has 5 nitrogen and oxygen atoms in total. The Bertz CT molecular complexity index is 446. The largest absolute Gasteiger partial charge is 0.384 e. The first-order chi connectivity index (χ1) is 8.00. The number of halogens is 1. The molecule has 6 heteroatoms. The summed E-state index contributed by atoms with van der Waals surface area (Å²) in [7, 11) is 0. The van der Waals surface area contributed by atoms with E-state index >= 15 is 0 Å². The maximum absolute atomic E-state index is 13.1. The predicted molar refractivity (Wildman–Crippen MR) is 60.5 cm³/mol. The average Bonchev–Trinajstić information content (AvgIpc) is 2.25. The van der Waals surface area contributed by atoms with Crippen LogP contribution in [0.25, 0.3) is 0 Å². The lowest BCUT2D eigenvalue weighted by Gasteiger charge is -2.38. The van der Waals surface area contributed by atoms with Crippen molar-refractivity contribution >= 4 is 11.4 Å². The molecule has 1 aliphatic heterocycles. The second kappa shape index (κ2) is 4.29. The molecule has 1 saturated heterocycles. The molecule has 17 heavy (non-hydrogen) atoms. The van der Waals surface area contributed by atoms with Crippen molar-refractivity contribution in [1.82, 2.24) is 0 Å². The highest BCUT2D eigenvalue weighted by atomic mass is 19.1. The molecule has 0 saturated carbocycles. The minimum Gasteiger partial charge on any atom is -0.384 e. The van der Waals surface area contributed by atoms with Gasteiger partial charge in [-0.3, -0.25) is 10.1 Å². The van der Waals surface area contributed by atoms with E-state index in [2.05, 4.69) is 12.2 Å². The van der Waals surface area contributed by atoms with Crippen molar-refractivity contribution in [2.24, 2.45) is 5.41 Å². The van der Waals surface area contributed by atoms with Crippen LogP contribution in [0.4, 0.5) is 15.8 Å². The molecule has 0 atom stereocenters. The van der Waals surface area contributed by atoms with E-state index in [0.29, 0.717) is 25.4 Å². The molecule has 1 aliphatic rings. The van der Waals surface area contributed by atoms with E-state index in [1.165, 1.54) is 12.1 Å². The van der Waals surface area contributed by atoms with Crippen LogP contribution in [0.5, 0.6) is 0 Å². The molecule has 92 valence electrons. The number of ether oxygens (including phenoxy) is 1. The van der Waals surface area contributed by atoms with Gasteiger partial charge in [0.1, 0.15) is 0 Å². The second-order valence-corrected chi connectivity index (χ2v) is 4.58. The maximum atomic E-state index is 13.1. The van der Waals surface area contributed by atoms with Crippen molar-refractivity contribution in [1.29, 1.82) is 0 Å². The number of hydrogen-bond acceptors (Lipinski definition) is 4. The summed E-state index contributed by atoms with van der Waals surface area (Å²) in [4.78, 5) is 9.83. The lowest BCUT2D eigenvalue weighted by atomic mass is 9.89. The predicted octanol–water partition coefficient (Wildman–Crippen LogP) is 2.18. The molecule has 0 amide bonds. The van der Waals surface area contributed by atoms with Crippen LogP contribution in [0.2, 0.25) is 0 Å². The standard InChI is InChI=1S/C11H13FN2O3/c1-11(6-17-7-11)5-13-8-2-3-9(12)10(4-8)14(15)16/h2-4,13H,5-7H2,1H3. The molecule has 1 fully saturated rings. The number of nitrogens with one attached hydrogen (secondary N) is 1. The van der Waals surface area contributed by atoms with E-state index in [4.69, 9.17) is 4.74 Å². The van der Waals surface area contributed by atoms with Crippen molar-refractivity contribution in [3.63, 3.8) is 0 Å². The fourth-order valence-electron chi connectivity index (χ4n) is 1.63. The van der Waals surface area contributed by atoms with E-state index in [-0.39, 0.29) is 5.41 Å². The highest BCUT2D eigenvalue weighted by Crippen LogP contribution is 2.28. The van der Waals surface area contributed by atoms with E-state index in [0.717, 1.165) is 6.07 Å². The molecule has 1 N–H and O–H groups in total. The van der Waals surface area contributed by atoms with Crippen molar-refractivity contribution in [3.05, 3.63) is 34.1 Å². The molecule has 0 bridgehead atoms. The number of hydrogen-bond donors (Lipinski definition) is 1. The summed E-state index contributed by atoms with van der Waals surface area (Å²) in [5, 5.41) is 13.6. The molecule has 0 radical (unpaired) electrons. The van der Waals surface area contributed by atoms with Crippen LogP contribution in [-0.2, 0) is 4.74 Å². The van der Waals surface area contributed by atoms with Crippen LogP contribution in [-0.4, -0.2) is 24.7 Å². The molecule has 0 aliphatic carbocycles. The van der Waals surface area contributed by atoms with Gasteiger partial charge in [0.15, 0.2) is 0 Å². The van der Waals surface area contributed by atoms with Crippen molar-refractivity contribution in [2.45, 2.75) is 6.92 Å². The Morgan fingerprint density at radius 1 is 1.59 bits per heavy atom. The van der Waals surface area contributed by atoms with Crippen molar-refractivity contribution in [2.75, 3.05) is 25.1 Å². The van der Waals surface area contributed by atoms with Gasteiger partial charge in [0, 0.05) is 23.7 Å². The summed E-state index contributed by atoms with van der Waals surface area (Å²) >= 11 is 0. The van der Waals surface area contributed by atoms with Gasteiger partial charge < -0.3 is 10.1 Å². The Hall–Kier alpha value is -1.69. The molecule has 0 spiro atoms. The topological polar surface area (TPSA) is 64.4 Å². The summed E-state index contributed by atoms with van der Waals surface area (Å²) in [5.74, 6) is -0.821. The van der Waals surface area contributed by atoms with Gasteiger partial charge in [0.25, 0.3) is 0 Å². The fourth-order valence-corrected chi connectivity index (χ4v) is 1.63. The SMILES string of the molecule is CC1(CNc2ccc(F)c([N+](=O)[O-])c2)COC1. The van der Waals surface area contributed by atoms with Gasteiger partial charge in [-0.1, -0.05) is 6.92 Å². The normalized spacial score (nSPS) is 17.3. The molecule has 1 aromatic carbocycles.